The van der Waals surface area contributed by atoms with E-state index < -0.39 is 0 Å². The van der Waals surface area contributed by atoms with Gasteiger partial charge in [-0.25, -0.2) is 0 Å². The van der Waals surface area contributed by atoms with Crippen LogP contribution in [0.3, 0.4) is 0 Å². The summed E-state index contributed by atoms with van der Waals surface area (Å²) in [5.41, 5.74) is 2.87. The van der Waals surface area contributed by atoms with Gasteiger partial charge in [-0.05, 0) is 23.8 Å². The second-order valence-corrected chi connectivity index (χ2v) is 5.53. The monoisotopic (exact) mass is 317 g/mol. The number of hydrogen-bond acceptors (Lipinski definition) is 2. The first-order valence-corrected chi connectivity index (χ1v) is 7.79. The standard InChI is InChI=1S/C20H19N3O/c1-22-15-18(14-21-22)12-13-20(24)23(19-10-6-3-7-11-19)16-17-8-4-2-5-9-17/h2-15H,16H2,1H3/b13-12+. The molecule has 120 valence electrons. The van der Waals surface area contributed by atoms with Gasteiger partial charge in [0, 0.05) is 30.6 Å². The molecule has 3 rings (SSSR count). The van der Waals surface area contributed by atoms with E-state index >= 15 is 0 Å². The van der Waals surface area contributed by atoms with Crippen molar-refractivity contribution in [3.63, 3.8) is 0 Å². The number of anilines is 1. The number of carbonyl (C=O) groups excluding carboxylic acids is 1. The lowest BCUT2D eigenvalue weighted by Crippen LogP contribution is -2.28. The van der Waals surface area contributed by atoms with E-state index in [1.807, 2.05) is 73.9 Å². The van der Waals surface area contributed by atoms with Gasteiger partial charge in [-0.1, -0.05) is 48.5 Å². The highest BCUT2D eigenvalue weighted by Crippen LogP contribution is 2.18. The summed E-state index contributed by atoms with van der Waals surface area (Å²) in [5, 5.41) is 4.11. The maximum atomic E-state index is 12.7. The molecule has 1 heterocycles. The smallest absolute Gasteiger partial charge is 0.251 e. The first kappa shape index (κ1) is 15.7. The number of benzene rings is 2. The van der Waals surface area contributed by atoms with E-state index in [1.54, 1.807) is 27.9 Å². The zero-order valence-corrected chi connectivity index (χ0v) is 13.5. The molecule has 0 saturated carbocycles. The molecule has 0 atom stereocenters. The summed E-state index contributed by atoms with van der Waals surface area (Å²) in [4.78, 5) is 14.5. The molecule has 0 fully saturated rings. The van der Waals surface area contributed by atoms with Gasteiger partial charge in [-0.3, -0.25) is 9.48 Å². The highest BCUT2D eigenvalue weighted by Gasteiger charge is 2.13. The molecule has 2 aromatic carbocycles. The minimum absolute atomic E-state index is 0.0612. The van der Waals surface area contributed by atoms with Crippen molar-refractivity contribution in [3.8, 4) is 0 Å². The molecule has 4 nitrogen and oxygen atoms in total. The number of aromatic nitrogens is 2. The summed E-state index contributed by atoms with van der Waals surface area (Å²) in [6.07, 6.45) is 6.98. The summed E-state index contributed by atoms with van der Waals surface area (Å²) >= 11 is 0. The zero-order valence-electron chi connectivity index (χ0n) is 13.5. The molecule has 0 saturated heterocycles. The summed E-state index contributed by atoms with van der Waals surface area (Å²) in [6.45, 7) is 0.529. The fourth-order valence-corrected chi connectivity index (χ4v) is 2.45. The average Bonchev–Trinajstić information content (AvgIpc) is 3.04. The highest BCUT2D eigenvalue weighted by atomic mass is 16.2. The van der Waals surface area contributed by atoms with Crippen molar-refractivity contribution in [3.05, 3.63) is 90.3 Å². The van der Waals surface area contributed by atoms with E-state index in [0.717, 1.165) is 16.8 Å². The van der Waals surface area contributed by atoms with Crippen LogP contribution >= 0.6 is 0 Å². The molecule has 3 aromatic rings. The second-order valence-electron chi connectivity index (χ2n) is 5.53. The van der Waals surface area contributed by atoms with Crippen LogP contribution in [0.15, 0.2) is 79.1 Å². The molecule has 1 aromatic heterocycles. The molecule has 0 bridgehead atoms. The topological polar surface area (TPSA) is 38.1 Å². The van der Waals surface area contributed by atoms with Crippen LogP contribution in [0, 0.1) is 0 Å². The van der Waals surface area contributed by atoms with Crippen LogP contribution in [0.4, 0.5) is 5.69 Å². The average molecular weight is 317 g/mol. The maximum absolute atomic E-state index is 12.7. The molecule has 0 aliphatic heterocycles. The quantitative estimate of drug-likeness (QED) is 0.674. The third kappa shape index (κ3) is 3.98. The number of rotatable bonds is 5. The number of aryl methyl sites for hydroxylation is 1. The van der Waals surface area contributed by atoms with Crippen LogP contribution in [0.1, 0.15) is 11.1 Å². The first-order chi connectivity index (χ1) is 11.7. The van der Waals surface area contributed by atoms with Crippen LogP contribution in [0.25, 0.3) is 6.08 Å². The van der Waals surface area contributed by atoms with Crippen LogP contribution in [-0.2, 0) is 18.4 Å². The van der Waals surface area contributed by atoms with E-state index in [4.69, 9.17) is 0 Å². The van der Waals surface area contributed by atoms with Crippen LogP contribution in [-0.4, -0.2) is 15.7 Å². The number of amides is 1. The fourth-order valence-electron chi connectivity index (χ4n) is 2.45. The van der Waals surface area contributed by atoms with Crippen LogP contribution in [0.5, 0.6) is 0 Å². The summed E-state index contributed by atoms with van der Waals surface area (Å²) in [7, 11) is 1.85. The van der Waals surface area contributed by atoms with Gasteiger partial charge in [0.15, 0.2) is 0 Å². The highest BCUT2D eigenvalue weighted by molar-refractivity contribution is 6.03. The van der Waals surface area contributed by atoms with E-state index in [-0.39, 0.29) is 5.91 Å². The molecule has 0 radical (unpaired) electrons. The predicted molar refractivity (Wildman–Crippen MR) is 96.3 cm³/mol. The molecule has 0 aliphatic carbocycles. The maximum Gasteiger partial charge on any atom is 0.251 e. The van der Waals surface area contributed by atoms with E-state index in [2.05, 4.69) is 5.10 Å². The Labute approximate surface area is 141 Å². The van der Waals surface area contributed by atoms with Crippen LogP contribution < -0.4 is 4.90 Å². The Balaban J connectivity index is 1.83. The Morgan fingerprint density at radius 1 is 1.08 bits per heavy atom. The van der Waals surface area contributed by atoms with Gasteiger partial charge in [0.2, 0.25) is 0 Å². The number of nitrogens with zero attached hydrogens (tertiary/aromatic N) is 3. The lowest BCUT2D eigenvalue weighted by molar-refractivity contribution is -0.114. The van der Waals surface area contributed by atoms with E-state index in [1.165, 1.54) is 0 Å². The van der Waals surface area contributed by atoms with Gasteiger partial charge in [-0.2, -0.15) is 5.10 Å². The van der Waals surface area contributed by atoms with Gasteiger partial charge in [0.25, 0.3) is 5.91 Å². The van der Waals surface area contributed by atoms with Crippen molar-refractivity contribution >= 4 is 17.7 Å². The summed E-state index contributed by atoms with van der Waals surface area (Å²) in [5.74, 6) is -0.0612. The van der Waals surface area contributed by atoms with Crippen LogP contribution in [0.2, 0.25) is 0 Å². The molecule has 1 amide bonds. The third-order valence-corrected chi connectivity index (χ3v) is 3.66. The summed E-state index contributed by atoms with van der Waals surface area (Å²) < 4.78 is 1.71. The molecular formula is C20H19N3O. The van der Waals surface area contributed by atoms with Gasteiger partial charge >= 0.3 is 0 Å². The Morgan fingerprint density at radius 2 is 1.75 bits per heavy atom. The zero-order chi connectivity index (χ0) is 16.8. The first-order valence-electron chi connectivity index (χ1n) is 7.79. The van der Waals surface area contributed by atoms with Gasteiger partial charge in [0.05, 0.1) is 12.7 Å². The molecule has 0 aliphatic rings. The molecule has 24 heavy (non-hydrogen) atoms. The predicted octanol–water partition coefficient (Wildman–Crippen LogP) is 3.67. The Morgan fingerprint density at radius 3 is 2.38 bits per heavy atom. The van der Waals surface area contributed by atoms with Crippen molar-refractivity contribution in [2.45, 2.75) is 6.54 Å². The Kier molecular flexibility index (Phi) is 4.87. The fraction of sp³-hybridized carbons (Fsp3) is 0.100. The minimum atomic E-state index is -0.0612. The van der Waals surface area contributed by atoms with Gasteiger partial charge in [0.1, 0.15) is 0 Å². The minimum Gasteiger partial charge on any atom is -0.304 e. The Hall–Kier alpha value is -3.14. The lowest BCUT2D eigenvalue weighted by Gasteiger charge is -2.21. The molecule has 0 spiro atoms. The number of hydrogen-bond donors (Lipinski definition) is 0. The number of para-hydroxylation sites is 1. The van der Waals surface area contributed by atoms with Crippen molar-refractivity contribution < 1.29 is 4.79 Å². The lowest BCUT2D eigenvalue weighted by atomic mass is 10.2. The molecule has 0 N–H and O–H groups in total. The van der Waals surface area contributed by atoms with E-state index in [0.29, 0.717) is 6.54 Å². The van der Waals surface area contributed by atoms with Crippen molar-refractivity contribution in [1.29, 1.82) is 0 Å². The van der Waals surface area contributed by atoms with Gasteiger partial charge < -0.3 is 4.90 Å². The SMILES string of the molecule is Cn1cc(/C=C/C(=O)N(Cc2ccccc2)c2ccccc2)cn1. The number of carbonyl (C=O) groups is 1. The third-order valence-electron chi connectivity index (χ3n) is 3.66. The molecular weight excluding hydrogens is 298 g/mol. The van der Waals surface area contributed by atoms with Crippen molar-refractivity contribution in [2.75, 3.05) is 4.90 Å². The second kappa shape index (κ2) is 7.42. The molecule has 4 heteroatoms. The summed E-state index contributed by atoms with van der Waals surface area (Å²) in [6, 6.07) is 19.7. The normalized spacial score (nSPS) is 10.9. The Bertz CT molecular complexity index is 822. The largest absolute Gasteiger partial charge is 0.304 e. The van der Waals surface area contributed by atoms with Crippen molar-refractivity contribution in [1.82, 2.24) is 9.78 Å². The molecule has 0 unspecified atom stereocenters. The van der Waals surface area contributed by atoms with Gasteiger partial charge in [-0.15, -0.1) is 0 Å². The van der Waals surface area contributed by atoms with E-state index in [9.17, 15) is 4.79 Å². The van der Waals surface area contributed by atoms with Crippen molar-refractivity contribution in [2.24, 2.45) is 7.05 Å².